The zero-order valence-electron chi connectivity index (χ0n) is 16.9. The van der Waals surface area contributed by atoms with Crippen molar-refractivity contribution < 1.29 is 4.79 Å². The Labute approximate surface area is 174 Å². The first-order chi connectivity index (χ1) is 14.4. The van der Waals surface area contributed by atoms with E-state index in [1.807, 2.05) is 24.3 Å². The maximum atomic E-state index is 11.9. The zero-order chi connectivity index (χ0) is 21.3. The summed E-state index contributed by atoms with van der Waals surface area (Å²) in [4.78, 5) is 22.2. The standard InChI is InChI=1S/C20H25N9O/c1-12(2)16(20(22)6-7-20)27-19-23-11-15(17(21)30)18(28-19)26-13-4-3-5-14(10-13)29-24-8-9-25-29/h3-5,8-12,16H,6-7,22H2,1-2H3,(H2,21,30)(H2,23,26,27,28)/t16-/m1/s1. The highest BCUT2D eigenvalue weighted by Crippen LogP contribution is 2.39. The lowest BCUT2D eigenvalue weighted by atomic mass is 9.95. The van der Waals surface area contributed by atoms with E-state index in [9.17, 15) is 4.79 Å². The van der Waals surface area contributed by atoms with Gasteiger partial charge in [-0.15, -0.1) is 0 Å². The molecule has 2 heterocycles. The van der Waals surface area contributed by atoms with Gasteiger partial charge in [0.25, 0.3) is 5.91 Å². The molecule has 156 valence electrons. The highest BCUT2D eigenvalue weighted by atomic mass is 16.1. The number of primary amides is 1. The summed E-state index contributed by atoms with van der Waals surface area (Å²) in [5, 5.41) is 14.8. The van der Waals surface area contributed by atoms with Crippen molar-refractivity contribution in [3.8, 4) is 5.69 Å². The van der Waals surface area contributed by atoms with E-state index >= 15 is 0 Å². The van der Waals surface area contributed by atoms with E-state index in [1.165, 1.54) is 11.0 Å². The van der Waals surface area contributed by atoms with E-state index < -0.39 is 5.91 Å². The zero-order valence-corrected chi connectivity index (χ0v) is 16.9. The van der Waals surface area contributed by atoms with Crippen LogP contribution >= 0.6 is 0 Å². The minimum atomic E-state index is -0.619. The van der Waals surface area contributed by atoms with Crippen LogP contribution in [0, 0.1) is 5.92 Å². The fourth-order valence-corrected chi connectivity index (χ4v) is 3.49. The Kier molecular flexibility index (Phi) is 5.08. The summed E-state index contributed by atoms with van der Waals surface area (Å²) >= 11 is 0. The minimum Gasteiger partial charge on any atom is -0.365 e. The minimum absolute atomic E-state index is 0.0268. The van der Waals surface area contributed by atoms with Gasteiger partial charge in [0.15, 0.2) is 0 Å². The molecule has 0 saturated heterocycles. The Morgan fingerprint density at radius 2 is 1.97 bits per heavy atom. The highest BCUT2D eigenvalue weighted by molar-refractivity contribution is 5.98. The van der Waals surface area contributed by atoms with Crippen molar-refractivity contribution in [3.05, 3.63) is 48.4 Å². The lowest BCUT2D eigenvalue weighted by Gasteiger charge is -2.28. The van der Waals surface area contributed by atoms with Crippen LogP contribution in [0.4, 0.5) is 17.5 Å². The summed E-state index contributed by atoms with van der Waals surface area (Å²) in [6.07, 6.45) is 6.54. The van der Waals surface area contributed by atoms with Gasteiger partial charge in [-0.3, -0.25) is 4.79 Å². The van der Waals surface area contributed by atoms with Crippen molar-refractivity contribution >= 4 is 23.4 Å². The number of benzene rings is 1. The van der Waals surface area contributed by atoms with Gasteiger partial charge in [-0.2, -0.15) is 20.0 Å². The van der Waals surface area contributed by atoms with E-state index in [0.717, 1.165) is 18.5 Å². The summed E-state index contributed by atoms with van der Waals surface area (Å²) in [7, 11) is 0. The summed E-state index contributed by atoms with van der Waals surface area (Å²) < 4.78 is 0. The number of hydrogen-bond donors (Lipinski definition) is 4. The summed E-state index contributed by atoms with van der Waals surface area (Å²) in [5.41, 5.74) is 13.4. The number of nitrogens with zero attached hydrogens (tertiary/aromatic N) is 5. The molecule has 30 heavy (non-hydrogen) atoms. The number of nitrogens with one attached hydrogen (secondary N) is 2. The predicted molar refractivity (Wildman–Crippen MR) is 114 cm³/mol. The van der Waals surface area contributed by atoms with Crippen molar-refractivity contribution in [3.63, 3.8) is 0 Å². The summed E-state index contributed by atoms with van der Waals surface area (Å²) in [5.74, 6) is 0.385. The van der Waals surface area contributed by atoms with Gasteiger partial charge in [-0.1, -0.05) is 19.9 Å². The lowest BCUT2D eigenvalue weighted by Crippen LogP contribution is -2.46. The third kappa shape index (κ3) is 4.08. The van der Waals surface area contributed by atoms with Crippen LogP contribution in [0.25, 0.3) is 5.69 Å². The maximum absolute atomic E-state index is 11.9. The lowest BCUT2D eigenvalue weighted by molar-refractivity contribution is 0.100. The molecule has 10 nitrogen and oxygen atoms in total. The third-order valence-corrected chi connectivity index (χ3v) is 5.21. The van der Waals surface area contributed by atoms with Crippen LogP contribution in [0.5, 0.6) is 0 Å². The number of anilines is 3. The van der Waals surface area contributed by atoms with Gasteiger partial charge in [-0.25, -0.2) is 4.98 Å². The average Bonchev–Trinajstić information content (AvgIpc) is 3.22. The fourth-order valence-electron chi connectivity index (χ4n) is 3.49. The fraction of sp³-hybridized carbons (Fsp3) is 0.350. The Hall–Kier alpha value is -3.53. The second kappa shape index (κ2) is 7.71. The molecule has 6 N–H and O–H groups in total. The third-order valence-electron chi connectivity index (χ3n) is 5.21. The van der Waals surface area contributed by atoms with Gasteiger partial charge >= 0.3 is 0 Å². The Balaban J connectivity index is 1.62. The molecule has 10 heteroatoms. The number of carbonyl (C=O) groups excluding carboxylic acids is 1. The first-order valence-corrected chi connectivity index (χ1v) is 9.82. The van der Waals surface area contributed by atoms with Crippen molar-refractivity contribution in [2.24, 2.45) is 17.4 Å². The van der Waals surface area contributed by atoms with Crippen molar-refractivity contribution in [1.29, 1.82) is 0 Å². The topological polar surface area (TPSA) is 150 Å². The monoisotopic (exact) mass is 407 g/mol. The van der Waals surface area contributed by atoms with Gasteiger partial charge in [0.1, 0.15) is 11.4 Å². The van der Waals surface area contributed by atoms with Crippen LogP contribution in [-0.4, -0.2) is 42.4 Å². The van der Waals surface area contributed by atoms with Gasteiger partial charge < -0.3 is 22.1 Å². The van der Waals surface area contributed by atoms with Gasteiger partial charge in [0.2, 0.25) is 5.95 Å². The number of carbonyl (C=O) groups is 1. The molecule has 1 aromatic carbocycles. The molecule has 1 aliphatic carbocycles. The van der Waals surface area contributed by atoms with E-state index in [2.05, 4.69) is 44.6 Å². The van der Waals surface area contributed by atoms with Crippen molar-refractivity contribution in [1.82, 2.24) is 25.0 Å². The molecular weight excluding hydrogens is 382 g/mol. The first-order valence-electron chi connectivity index (χ1n) is 9.82. The van der Waals surface area contributed by atoms with E-state index in [-0.39, 0.29) is 17.1 Å². The summed E-state index contributed by atoms with van der Waals surface area (Å²) in [6.45, 7) is 4.21. The number of rotatable bonds is 8. The van der Waals surface area contributed by atoms with E-state index in [1.54, 1.807) is 12.4 Å². The molecule has 0 radical (unpaired) electrons. The quantitative estimate of drug-likeness (QED) is 0.442. The SMILES string of the molecule is CC(C)[C@@H](Nc1ncc(C(N)=O)c(Nc2cccc(-n3nccn3)c2)n1)C1(N)CC1. The molecule has 4 rings (SSSR count). The molecule has 2 aromatic heterocycles. The Bertz CT molecular complexity index is 1040. The number of amides is 1. The van der Waals surface area contributed by atoms with Gasteiger partial charge in [0, 0.05) is 23.5 Å². The first kappa shape index (κ1) is 19.8. The number of nitrogens with two attached hydrogens (primary N) is 2. The molecule has 0 unspecified atom stereocenters. The Morgan fingerprint density at radius 1 is 1.23 bits per heavy atom. The maximum Gasteiger partial charge on any atom is 0.254 e. The average molecular weight is 407 g/mol. The second-order valence-electron chi connectivity index (χ2n) is 7.91. The molecule has 1 atom stereocenters. The van der Waals surface area contributed by atoms with Gasteiger partial charge in [0.05, 0.1) is 18.1 Å². The normalized spacial score (nSPS) is 15.6. The van der Waals surface area contributed by atoms with Crippen LogP contribution in [0.15, 0.2) is 42.9 Å². The van der Waals surface area contributed by atoms with Crippen LogP contribution in [0.3, 0.4) is 0 Å². The van der Waals surface area contributed by atoms with Gasteiger partial charge in [-0.05, 0) is 37.0 Å². The molecule has 0 bridgehead atoms. The predicted octanol–water partition coefficient (Wildman–Crippen LogP) is 1.83. The molecule has 1 saturated carbocycles. The van der Waals surface area contributed by atoms with Crippen LogP contribution < -0.4 is 22.1 Å². The van der Waals surface area contributed by atoms with Crippen molar-refractivity contribution in [2.45, 2.75) is 38.3 Å². The molecule has 0 aliphatic heterocycles. The molecule has 1 aliphatic rings. The smallest absolute Gasteiger partial charge is 0.254 e. The number of hydrogen-bond acceptors (Lipinski definition) is 8. The molecular formula is C20H25N9O. The number of aromatic nitrogens is 5. The summed E-state index contributed by atoms with van der Waals surface area (Å²) in [6, 6.07) is 7.44. The van der Waals surface area contributed by atoms with E-state index in [4.69, 9.17) is 11.5 Å². The van der Waals surface area contributed by atoms with Crippen molar-refractivity contribution in [2.75, 3.05) is 10.6 Å². The Morgan fingerprint density at radius 3 is 2.60 bits per heavy atom. The molecule has 1 fully saturated rings. The molecule has 3 aromatic rings. The largest absolute Gasteiger partial charge is 0.365 e. The second-order valence-corrected chi connectivity index (χ2v) is 7.91. The van der Waals surface area contributed by atoms with Crippen LogP contribution in [0.2, 0.25) is 0 Å². The molecule has 1 amide bonds. The molecule has 0 spiro atoms. The van der Waals surface area contributed by atoms with E-state index in [0.29, 0.717) is 23.4 Å². The highest BCUT2D eigenvalue weighted by Gasteiger charge is 2.47. The van der Waals surface area contributed by atoms with Crippen LogP contribution in [-0.2, 0) is 0 Å². The van der Waals surface area contributed by atoms with Crippen LogP contribution in [0.1, 0.15) is 37.0 Å².